The fourth-order valence-electron chi connectivity index (χ4n) is 3.04. The third-order valence-corrected chi connectivity index (χ3v) is 4.44. The molecule has 0 aliphatic rings. The largest absolute Gasteiger partial charge is 0.378 e. The molecule has 0 saturated carbocycles. The average Bonchev–Trinajstić information content (AvgIpc) is 3.31. The van der Waals surface area contributed by atoms with E-state index in [0.717, 1.165) is 12.0 Å². The number of carbonyl (C=O) groups is 1. The molecule has 0 aliphatic heterocycles. The molecule has 3 rings (SSSR count). The second-order valence-electron chi connectivity index (χ2n) is 7.72. The zero-order valence-electron chi connectivity index (χ0n) is 17.5. The van der Waals surface area contributed by atoms with Gasteiger partial charge >= 0.3 is 0 Å². The molecule has 10 nitrogen and oxygen atoms in total. The Balaban J connectivity index is 1.71. The van der Waals surface area contributed by atoms with Crippen LogP contribution in [-0.4, -0.2) is 31.2 Å². The van der Waals surface area contributed by atoms with Crippen molar-refractivity contribution in [2.75, 3.05) is 5.73 Å². The van der Waals surface area contributed by atoms with Gasteiger partial charge in [0.15, 0.2) is 5.69 Å². The van der Waals surface area contributed by atoms with Gasteiger partial charge in [-0.25, -0.2) is 4.63 Å². The molecule has 158 valence electrons. The number of nitrogens with one attached hydrogen (secondary N) is 2. The zero-order valence-corrected chi connectivity index (χ0v) is 17.5. The van der Waals surface area contributed by atoms with E-state index < -0.39 is 5.91 Å². The van der Waals surface area contributed by atoms with Gasteiger partial charge in [0.25, 0.3) is 5.91 Å². The van der Waals surface area contributed by atoms with Gasteiger partial charge < -0.3 is 5.73 Å². The molecule has 4 N–H and O–H groups in total. The summed E-state index contributed by atoms with van der Waals surface area (Å²) in [4.78, 5) is 12.7. The van der Waals surface area contributed by atoms with Crippen molar-refractivity contribution in [3.8, 4) is 5.82 Å². The third-order valence-electron chi connectivity index (χ3n) is 4.44. The molecule has 30 heavy (non-hydrogen) atoms. The van der Waals surface area contributed by atoms with Crippen LogP contribution in [0.3, 0.4) is 0 Å². The van der Waals surface area contributed by atoms with Crippen LogP contribution in [0.2, 0.25) is 0 Å². The minimum atomic E-state index is -0.461. The van der Waals surface area contributed by atoms with Crippen LogP contribution in [0.5, 0.6) is 0 Å². The Morgan fingerprint density at radius 3 is 2.43 bits per heavy atom. The summed E-state index contributed by atoms with van der Waals surface area (Å²) in [6.07, 6.45) is 1.01. The summed E-state index contributed by atoms with van der Waals surface area (Å²) in [5.41, 5.74) is 14.6. The summed E-state index contributed by atoms with van der Waals surface area (Å²) in [6, 6.07) is 8.05. The van der Waals surface area contributed by atoms with E-state index in [-0.39, 0.29) is 23.2 Å². The van der Waals surface area contributed by atoms with E-state index in [1.165, 1.54) is 10.2 Å². The van der Waals surface area contributed by atoms with Crippen LogP contribution in [0.15, 0.2) is 35.5 Å². The summed E-state index contributed by atoms with van der Waals surface area (Å²) in [7, 11) is 0. The van der Waals surface area contributed by atoms with Crippen molar-refractivity contribution in [3.63, 3.8) is 0 Å². The molecule has 0 saturated heterocycles. The first-order valence-electron chi connectivity index (χ1n) is 9.66. The van der Waals surface area contributed by atoms with Crippen LogP contribution in [0.4, 0.5) is 5.82 Å². The van der Waals surface area contributed by atoms with Gasteiger partial charge in [0, 0.05) is 0 Å². The topological polar surface area (TPSA) is 137 Å². The predicted molar refractivity (Wildman–Crippen MR) is 112 cm³/mol. The molecule has 2 aromatic heterocycles. The number of hydrogen-bond donors (Lipinski definition) is 3. The summed E-state index contributed by atoms with van der Waals surface area (Å²) >= 11 is 0. The van der Waals surface area contributed by atoms with Crippen molar-refractivity contribution in [2.45, 2.75) is 40.0 Å². The zero-order chi connectivity index (χ0) is 21.8. The number of nitrogens with zero attached hydrogens (tertiary/aromatic N) is 5. The van der Waals surface area contributed by atoms with Crippen molar-refractivity contribution in [3.05, 3.63) is 53.4 Å². The first kappa shape index (κ1) is 21.0. The van der Waals surface area contributed by atoms with Gasteiger partial charge in [0.1, 0.15) is 0 Å². The van der Waals surface area contributed by atoms with E-state index in [2.05, 4.69) is 68.7 Å². The number of hydrazine groups is 1. The Morgan fingerprint density at radius 2 is 1.87 bits per heavy atom. The van der Waals surface area contributed by atoms with Gasteiger partial charge in [0.2, 0.25) is 11.6 Å². The normalized spacial score (nSPS) is 11.1. The van der Waals surface area contributed by atoms with Crippen LogP contribution in [0.25, 0.3) is 11.5 Å². The Kier molecular flexibility index (Phi) is 6.14. The molecule has 2 heterocycles. The first-order valence-corrected chi connectivity index (χ1v) is 9.66. The van der Waals surface area contributed by atoms with Gasteiger partial charge in [-0.3, -0.25) is 15.6 Å². The number of carbonyl (C=O) groups excluding carboxylic acids is 1. The standard InChI is InChI=1S/C20H26N8O2/c1-11(2)10-14-6-8-15(9-7-14)13(5)22-24-20(29)16-17(12(3)4)28(27-23-16)19-18(21)25-30-26-19/h6-9,11-12,22H,5,10H2,1-4H3,(H2,21,25)(H,24,29). The van der Waals surface area contributed by atoms with E-state index >= 15 is 0 Å². The summed E-state index contributed by atoms with van der Waals surface area (Å²) in [6.45, 7) is 12.1. The number of nitrogen functional groups attached to an aromatic ring is 1. The van der Waals surface area contributed by atoms with E-state index in [9.17, 15) is 4.79 Å². The Labute approximate surface area is 174 Å². The average molecular weight is 410 g/mol. The molecular formula is C20H26N8O2. The van der Waals surface area contributed by atoms with Crippen LogP contribution in [-0.2, 0) is 6.42 Å². The van der Waals surface area contributed by atoms with Gasteiger partial charge in [-0.15, -0.1) is 5.10 Å². The minimum Gasteiger partial charge on any atom is -0.378 e. The lowest BCUT2D eigenvalue weighted by Gasteiger charge is -2.13. The number of nitrogens with two attached hydrogens (primary N) is 1. The SMILES string of the molecule is C=C(NNC(=O)c1nnn(-c2nonc2N)c1C(C)C)c1ccc(CC(C)C)cc1. The highest BCUT2D eigenvalue weighted by Crippen LogP contribution is 2.22. The molecule has 0 spiro atoms. The maximum absolute atomic E-state index is 12.7. The number of anilines is 1. The van der Waals surface area contributed by atoms with Gasteiger partial charge in [-0.05, 0) is 39.7 Å². The van der Waals surface area contributed by atoms with E-state index in [1.807, 2.05) is 26.0 Å². The molecule has 0 fully saturated rings. The molecule has 0 radical (unpaired) electrons. The van der Waals surface area contributed by atoms with Crippen molar-refractivity contribution < 1.29 is 9.42 Å². The molecule has 0 atom stereocenters. The molecule has 0 unspecified atom stereocenters. The maximum atomic E-state index is 12.7. The molecule has 0 bridgehead atoms. The van der Waals surface area contributed by atoms with Crippen LogP contribution in [0, 0.1) is 5.92 Å². The smallest absolute Gasteiger partial charge is 0.292 e. The Hall–Kier alpha value is -3.69. The molecule has 10 heteroatoms. The summed E-state index contributed by atoms with van der Waals surface area (Å²) in [5, 5.41) is 15.3. The van der Waals surface area contributed by atoms with Crippen molar-refractivity contribution in [2.24, 2.45) is 5.92 Å². The highest BCUT2D eigenvalue weighted by Gasteiger charge is 2.25. The number of aromatic nitrogens is 5. The van der Waals surface area contributed by atoms with Crippen molar-refractivity contribution >= 4 is 17.4 Å². The maximum Gasteiger partial charge on any atom is 0.292 e. The second kappa shape index (κ2) is 8.76. The molecule has 0 aliphatic carbocycles. The third kappa shape index (κ3) is 4.48. The highest BCUT2D eigenvalue weighted by atomic mass is 16.6. The molecule has 1 aromatic carbocycles. The highest BCUT2D eigenvalue weighted by molar-refractivity contribution is 5.93. The van der Waals surface area contributed by atoms with Crippen LogP contribution >= 0.6 is 0 Å². The fraction of sp³-hybridized carbons (Fsp3) is 0.350. The Morgan fingerprint density at radius 1 is 1.17 bits per heavy atom. The second-order valence-corrected chi connectivity index (χ2v) is 7.72. The number of hydrogen-bond acceptors (Lipinski definition) is 8. The summed E-state index contributed by atoms with van der Waals surface area (Å²) < 4.78 is 5.98. The summed E-state index contributed by atoms with van der Waals surface area (Å²) in [5.74, 6) is 0.278. The number of benzene rings is 1. The van der Waals surface area contributed by atoms with E-state index in [4.69, 9.17) is 5.73 Å². The lowest BCUT2D eigenvalue weighted by atomic mass is 10.0. The van der Waals surface area contributed by atoms with E-state index in [1.54, 1.807) is 0 Å². The minimum absolute atomic E-state index is 0.0566. The first-order chi connectivity index (χ1) is 14.3. The lowest BCUT2D eigenvalue weighted by Crippen LogP contribution is -2.36. The lowest BCUT2D eigenvalue weighted by molar-refractivity contribution is 0.0936. The van der Waals surface area contributed by atoms with Crippen LogP contribution in [0.1, 0.15) is 60.9 Å². The van der Waals surface area contributed by atoms with Crippen molar-refractivity contribution in [1.29, 1.82) is 0 Å². The monoisotopic (exact) mass is 410 g/mol. The van der Waals surface area contributed by atoms with Gasteiger partial charge in [0.05, 0.1) is 11.4 Å². The number of rotatable bonds is 8. The van der Waals surface area contributed by atoms with Gasteiger partial charge in [-0.2, -0.15) is 4.68 Å². The molecular weight excluding hydrogens is 384 g/mol. The quantitative estimate of drug-likeness (QED) is 0.482. The van der Waals surface area contributed by atoms with Gasteiger partial charge in [-0.1, -0.05) is 63.8 Å². The van der Waals surface area contributed by atoms with E-state index in [0.29, 0.717) is 17.3 Å². The van der Waals surface area contributed by atoms with Crippen molar-refractivity contribution in [1.82, 2.24) is 36.2 Å². The van der Waals surface area contributed by atoms with Crippen LogP contribution < -0.4 is 16.6 Å². The fourth-order valence-corrected chi connectivity index (χ4v) is 3.04. The Bertz CT molecular complexity index is 1030. The molecule has 1 amide bonds. The molecule has 3 aromatic rings. The number of amides is 1. The predicted octanol–water partition coefficient (Wildman–Crippen LogP) is 2.46.